The number of rotatable bonds is 7. The number of hydrogen-bond acceptors (Lipinski definition) is 5. The van der Waals surface area contributed by atoms with E-state index in [1.54, 1.807) is 0 Å². The monoisotopic (exact) mass is 434 g/mol. The molecule has 7 nitrogen and oxygen atoms in total. The van der Waals surface area contributed by atoms with Crippen LogP contribution >= 0.6 is 0 Å². The molecule has 2 aliphatic heterocycles. The first-order valence-electron chi connectivity index (χ1n) is 11.7. The maximum atomic E-state index is 13.0. The Bertz CT molecular complexity index is 1030. The van der Waals surface area contributed by atoms with Crippen molar-refractivity contribution >= 4 is 17.6 Å². The van der Waals surface area contributed by atoms with E-state index in [1.807, 2.05) is 47.9 Å². The van der Waals surface area contributed by atoms with Gasteiger partial charge in [-0.15, -0.1) is 0 Å². The van der Waals surface area contributed by atoms with E-state index < -0.39 is 0 Å². The minimum Gasteiger partial charge on any atom is -0.377 e. The van der Waals surface area contributed by atoms with Crippen molar-refractivity contribution in [1.82, 2.24) is 14.9 Å². The van der Waals surface area contributed by atoms with Crippen LogP contribution in [-0.2, 0) is 22.6 Å². The van der Waals surface area contributed by atoms with Gasteiger partial charge in [-0.25, -0.2) is 9.97 Å². The summed E-state index contributed by atoms with van der Waals surface area (Å²) in [6.45, 7) is 7.24. The first kappa shape index (κ1) is 21.1. The summed E-state index contributed by atoms with van der Waals surface area (Å²) in [6.07, 6.45) is 3.64. The van der Waals surface area contributed by atoms with Crippen LogP contribution in [0.15, 0.2) is 24.3 Å². The van der Waals surface area contributed by atoms with E-state index in [9.17, 15) is 9.59 Å². The average molecular weight is 435 g/mol. The molecule has 0 unspecified atom stereocenters. The van der Waals surface area contributed by atoms with Gasteiger partial charge in [0.05, 0.1) is 13.0 Å². The van der Waals surface area contributed by atoms with Crippen molar-refractivity contribution in [3.63, 3.8) is 0 Å². The third-order valence-electron chi connectivity index (χ3n) is 6.75. The lowest BCUT2D eigenvalue weighted by Crippen LogP contribution is -2.30. The summed E-state index contributed by atoms with van der Waals surface area (Å²) in [5.41, 5.74) is 3.62. The second kappa shape index (κ2) is 8.62. The maximum absolute atomic E-state index is 13.0. The van der Waals surface area contributed by atoms with Crippen LogP contribution < -0.4 is 4.90 Å². The third kappa shape index (κ3) is 4.13. The van der Waals surface area contributed by atoms with Crippen molar-refractivity contribution < 1.29 is 14.3 Å². The van der Waals surface area contributed by atoms with Gasteiger partial charge in [0.25, 0.3) is 5.91 Å². The van der Waals surface area contributed by atoms with Gasteiger partial charge in [0.15, 0.2) is 0 Å². The molecule has 32 heavy (non-hydrogen) atoms. The number of benzene rings is 1. The maximum Gasteiger partial charge on any atom is 0.253 e. The number of fused-ring (bicyclic) bond motifs is 1. The van der Waals surface area contributed by atoms with Crippen LogP contribution in [0.5, 0.6) is 0 Å². The lowest BCUT2D eigenvalue weighted by Gasteiger charge is -2.19. The number of aromatic nitrogens is 2. The van der Waals surface area contributed by atoms with Crippen molar-refractivity contribution in [3.05, 3.63) is 52.5 Å². The SMILES string of the molecule is CCOCc1ccc(C(=O)N2CC[C@H](c3nc(C)c4c(n3)N(CC3CC3)C(=O)C4)C2)cc1. The normalized spacial score (nSPS) is 20.2. The molecular formula is C25H30N4O3. The van der Waals surface area contributed by atoms with Gasteiger partial charge >= 0.3 is 0 Å². The van der Waals surface area contributed by atoms with Gasteiger partial charge in [-0.05, 0) is 56.7 Å². The Labute approximate surface area is 188 Å². The zero-order valence-electron chi connectivity index (χ0n) is 18.8. The van der Waals surface area contributed by atoms with Gasteiger partial charge in [-0.3, -0.25) is 14.5 Å². The fraction of sp³-hybridized carbons (Fsp3) is 0.520. The molecule has 2 amide bonds. The van der Waals surface area contributed by atoms with Crippen molar-refractivity contribution in [1.29, 1.82) is 0 Å². The highest BCUT2D eigenvalue weighted by molar-refractivity contribution is 6.00. The van der Waals surface area contributed by atoms with Crippen molar-refractivity contribution in [2.24, 2.45) is 5.92 Å². The van der Waals surface area contributed by atoms with Gasteiger partial charge in [0.1, 0.15) is 11.6 Å². The number of carbonyl (C=O) groups is 2. The molecule has 0 radical (unpaired) electrons. The van der Waals surface area contributed by atoms with Crippen LogP contribution in [0.3, 0.4) is 0 Å². The van der Waals surface area contributed by atoms with Gasteiger partial charge in [0.2, 0.25) is 5.91 Å². The van der Waals surface area contributed by atoms with Crippen LogP contribution in [0.25, 0.3) is 0 Å². The summed E-state index contributed by atoms with van der Waals surface area (Å²) in [5.74, 6) is 2.45. The average Bonchev–Trinajstić information content (AvgIpc) is 3.38. The number of amides is 2. The highest BCUT2D eigenvalue weighted by Gasteiger charge is 2.37. The molecule has 1 saturated heterocycles. The minimum atomic E-state index is 0.0406. The smallest absolute Gasteiger partial charge is 0.253 e. The topological polar surface area (TPSA) is 75.6 Å². The molecule has 2 fully saturated rings. The molecule has 0 spiro atoms. The van der Waals surface area contributed by atoms with E-state index in [0.29, 0.717) is 44.2 Å². The summed E-state index contributed by atoms with van der Waals surface area (Å²) in [4.78, 5) is 39.0. The fourth-order valence-corrected chi connectivity index (χ4v) is 4.63. The standard InChI is InChI=1S/C25H30N4O3/c1-3-32-15-18-6-8-19(9-7-18)25(31)28-11-10-20(14-28)23-26-16(2)21-12-22(30)29(24(21)27-23)13-17-4-5-17/h6-9,17,20H,3-5,10-15H2,1-2H3/t20-/m0/s1. The quantitative estimate of drug-likeness (QED) is 0.669. The molecule has 0 N–H and O–H groups in total. The Morgan fingerprint density at radius 2 is 1.94 bits per heavy atom. The molecule has 168 valence electrons. The van der Waals surface area contributed by atoms with Crippen LogP contribution in [0.2, 0.25) is 0 Å². The van der Waals surface area contributed by atoms with Gasteiger partial charge in [-0.2, -0.15) is 0 Å². The molecule has 1 atom stereocenters. The summed E-state index contributed by atoms with van der Waals surface area (Å²) in [7, 11) is 0. The van der Waals surface area contributed by atoms with Crippen LogP contribution in [-0.4, -0.2) is 52.9 Å². The molecule has 0 bridgehead atoms. The van der Waals surface area contributed by atoms with E-state index in [0.717, 1.165) is 41.4 Å². The molecule has 1 aliphatic carbocycles. The summed E-state index contributed by atoms with van der Waals surface area (Å²) in [5, 5.41) is 0. The Morgan fingerprint density at radius 1 is 1.16 bits per heavy atom. The molecule has 1 aromatic carbocycles. The summed E-state index contributed by atoms with van der Waals surface area (Å²) < 4.78 is 5.43. The Balaban J connectivity index is 1.29. The first-order chi connectivity index (χ1) is 15.5. The predicted octanol–water partition coefficient (Wildman–Crippen LogP) is 3.25. The molecule has 2 aromatic rings. The van der Waals surface area contributed by atoms with Gasteiger partial charge in [-0.1, -0.05) is 12.1 Å². The number of likely N-dealkylation sites (tertiary alicyclic amines) is 1. The lowest BCUT2D eigenvalue weighted by atomic mass is 10.1. The Kier molecular flexibility index (Phi) is 5.67. The van der Waals surface area contributed by atoms with E-state index >= 15 is 0 Å². The first-order valence-corrected chi connectivity index (χ1v) is 11.7. The zero-order valence-corrected chi connectivity index (χ0v) is 18.8. The Morgan fingerprint density at radius 3 is 2.66 bits per heavy atom. The van der Waals surface area contributed by atoms with E-state index in [1.165, 1.54) is 12.8 Å². The summed E-state index contributed by atoms with van der Waals surface area (Å²) in [6, 6.07) is 7.66. The largest absolute Gasteiger partial charge is 0.377 e. The highest BCUT2D eigenvalue weighted by atomic mass is 16.5. The number of nitrogens with zero attached hydrogens (tertiary/aromatic N) is 4. The van der Waals surface area contributed by atoms with E-state index in [2.05, 4.69) is 0 Å². The summed E-state index contributed by atoms with van der Waals surface area (Å²) >= 11 is 0. The Hall–Kier alpha value is -2.80. The molecule has 1 saturated carbocycles. The van der Waals surface area contributed by atoms with Crippen LogP contribution in [0.1, 0.15) is 65.1 Å². The van der Waals surface area contributed by atoms with Crippen molar-refractivity contribution in [3.8, 4) is 0 Å². The third-order valence-corrected chi connectivity index (χ3v) is 6.75. The second-order valence-electron chi connectivity index (χ2n) is 9.16. The van der Waals surface area contributed by atoms with E-state index in [4.69, 9.17) is 14.7 Å². The fourth-order valence-electron chi connectivity index (χ4n) is 4.63. The zero-order chi connectivity index (χ0) is 22.2. The highest BCUT2D eigenvalue weighted by Crippen LogP contribution is 2.37. The van der Waals surface area contributed by atoms with Gasteiger partial charge in [0, 0.05) is 49.0 Å². The molecular weight excluding hydrogens is 404 g/mol. The number of anilines is 1. The lowest BCUT2D eigenvalue weighted by molar-refractivity contribution is -0.117. The van der Waals surface area contributed by atoms with Crippen LogP contribution in [0.4, 0.5) is 5.82 Å². The second-order valence-corrected chi connectivity index (χ2v) is 9.16. The molecule has 3 heterocycles. The molecule has 3 aliphatic rings. The number of hydrogen-bond donors (Lipinski definition) is 0. The van der Waals surface area contributed by atoms with E-state index in [-0.39, 0.29) is 17.7 Å². The minimum absolute atomic E-state index is 0.0406. The van der Waals surface area contributed by atoms with Crippen molar-refractivity contribution in [2.75, 3.05) is 31.1 Å². The molecule has 1 aromatic heterocycles. The van der Waals surface area contributed by atoms with Crippen LogP contribution in [0, 0.1) is 12.8 Å². The van der Waals surface area contributed by atoms with Gasteiger partial charge < -0.3 is 9.64 Å². The predicted molar refractivity (Wildman–Crippen MR) is 121 cm³/mol. The molecule has 5 rings (SSSR count). The number of aryl methyl sites for hydroxylation is 1. The molecule has 7 heteroatoms. The number of carbonyl (C=O) groups excluding carboxylic acids is 2. The van der Waals surface area contributed by atoms with Crippen molar-refractivity contribution in [2.45, 2.75) is 52.1 Å². The number of ether oxygens (including phenoxy) is 1.